The van der Waals surface area contributed by atoms with Crippen molar-refractivity contribution in [3.63, 3.8) is 0 Å². The van der Waals surface area contributed by atoms with Crippen LogP contribution < -0.4 is 51.7 Å². The number of nitrogens with one attached hydrogen (secondary N) is 6. The average molecular weight is 1080 g/mol. The Morgan fingerprint density at radius 2 is 0.824 bits per heavy atom. The highest BCUT2D eigenvalue weighted by atomic mass is 35.5. The second-order valence-electron chi connectivity index (χ2n) is 17.4. The first-order valence-electron chi connectivity index (χ1n) is 22.1. The van der Waals surface area contributed by atoms with Crippen LogP contribution in [0.25, 0.3) is 22.1 Å². The molecular weight excluding hydrogens is 1030 g/mol. The van der Waals surface area contributed by atoms with Crippen LogP contribution in [0.4, 0.5) is 46.0 Å². The highest BCUT2D eigenvalue weighted by Gasteiger charge is 2.26. The van der Waals surface area contributed by atoms with Gasteiger partial charge in [0, 0.05) is 23.5 Å². The van der Waals surface area contributed by atoms with Gasteiger partial charge in [0.25, 0.3) is 20.0 Å². The van der Waals surface area contributed by atoms with Crippen molar-refractivity contribution in [1.82, 2.24) is 19.9 Å². The number of hydrogen-bond acceptors (Lipinski definition) is 16. The summed E-state index contributed by atoms with van der Waals surface area (Å²) in [6.07, 6.45) is 0. The first-order chi connectivity index (χ1) is 34.9. The molecule has 0 aliphatic rings. The van der Waals surface area contributed by atoms with Gasteiger partial charge in [-0.15, -0.1) is 0 Å². The molecule has 8 rings (SSSR count). The Morgan fingerprint density at radius 1 is 0.486 bits per heavy atom. The third-order valence-corrected chi connectivity index (χ3v) is 13.8. The van der Waals surface area contributed by atoms with Crippen molar-refractivity contribution < 1.29 is 35.9 Å². The second-order valence-corrected chi connectivity index (χ2v) is 21.6. The lowest BCUT2D eigenvalue weighted by Gasteiger charge is -2.18. The third kappa shape index (κ3) is 13.4. The molecule has 6 aromatic carbocycles. The first kappa shape index (κ1) is 53.9. The summed E-state index contributed by atoms with van der Waals surface area (Å²) in [6.45, 7) is 6.19. The fourth-order valence-corrected chi connectivity index (χ4v) is 8.90. The van der Waals surface area contributed by atoms with E-state index in [0.29, 0.717) is 55.0 Å². The molecule has 2 aromatic heterocycles. The Balaban J connectivity index is 0.000000216. The normalized spacial score (nSPS) is 11.7. The maximum Gasteiger partial charge on any atom is 0.263 e. The summed E-state index contributed by atoms with van der Waals surface area (Å²) in [4.78, 5) is 42.4. The quantitative estimate of drug-likeness (QED) is 0.0448. The van der Waals surface area contributed by atoms with Gasteiger partial charge in [0.15, 0.2) is 23.3 Å². The van der Waals surface area contributed by atoms with Crippen molar-refractivity contribution in [2.75, 3.05) is 44.9 Å². The maximum atomic E-state index is 13.4. The molecule has 8 aromatic rings. The standard InChI is InChI=1S/2C25H25ClN6O4S/c2*1-25(2,27)24(33)28-15-7-6-8-17(13-15)37(34,35)32-23-22(29-19-9-4-5-10-20(19)30-23)31-21-14-16(36-3)11-12-18(21)26/h2*4-14H,27H2,1-3H3,(H,28,33)(H,29,31)(H,30,32). The van der Waals surface area contributed by atoms with E-state index in [4.69, 9.17) is 44.1 Å². The lowest BCUT2D eigenvalue weighted by Crippen LogP contribution is -2.45. The van der Waals surface area contributed by atoms with E-state index >= 15 is 0 Å². The molecule has 0 bridgehead atoms. The Hall–Kier alpha value is -7.86. The zero-order valence-corrected chi connectivity index (χ0v) is 43.6. The van der Waals surface area contributed by atoms with E-state index in [1.807, 2.05) is 0 Å². The van der Waals surface area contributed by atoms with Gasteiger partial charge in [0.05, 0.1) is 78.6 Å². The van der Waals surface area contributed by atoms with Crippen LogP contribution in [0.1, 0.15) is 27.7 Å². The molecule has 0 fully saturated rings. The summed E-state index contributed by atoms with van der Waals surface area (Å²) < 4.78 is 68.9. The number of amides is 2. The van der Waals surface area contributed by atoms with Gasteiger partial charge < -0.3 is 42.2 Å². The molecule has 0 saturated heterocycles. The first-order valence-corrected chi connectivity index (χ1v) is 25.9. The van der Waals surface area contributed by atoms with E-state index in [9.17, 15) is 26.4 Å². The van der Waals surface area contributed by atoms with Crippen LogP contribution in [-0.2, 0) is 29.6 Å². The minimum atomic E-state index is -4.15. The molecule has 24 heteroatoms. The second kappa shape index (κ2) is 22.1. The van der Waals surface area contributed by atoms with Crippen LogP contribution in [0.3, 0.4) is 0 Å². The average Bonchev–Trinajstić information content (AvgIpc) is 3.35. The van der Waals surface area contributed by atoms with E-state index in [1.165, 1.54) is 50.6 Å². The molecule has 0 aliphatic carbocycles. The number of carbonyl (C=O) groups excluding carboxylic acids is 2. The summed E-state index contributed by atoms with van der Waals surface area (Å²) in [7, 11) is -5.25. The molecule has 0 unspecified atom stereocenters. The molecule has 0 atom stereocenters. The number of sulfonamides is 2. The molecule has 384 valence electrons. The Bertz CT molecular complexity index is 3410. The van der Waals surface area contributed by atoms with Gasteiger partial charge in [-0.3, -0.25) is 19.0 Å². The van der Waals surface area contributed by atoms with Crippen molar-refractivity contribution in [3.05, 3.63) is 144 Å². The van der Waals surface area contributed by atoms with Gasteiger partial charge in [-0.2, -0.15) is 0 Å². The molecule has 0 saturated carbocycles. The molecule has 74 heavy (non-hydrogen) atoms. The number of carbonyl (C=O) groups is 2. The molecule has 20 nitrogen and oxygen atoms in total. The molecule has 0 spiro atoms. The molecule has 0 radical (unpaired) electrons. The number of methoxy groups -OCH3 is 2. The van der Waals surface area contributed by atoms with Crippen molar-refractivity contribution in [1.29, 1.82) is 0 Å². The van der Waals surface area contributed by atoms with E-state index in [0.717, 1.165) is 0 Å². The number of anilines is 8. The number of nitrogens with two attached hydrogens (primary N) is 2. The number of benzene rings is 6. The summed E-state index contributed by atoms with van der Waals surface area (Å²) in [5.74, 6) is 0.336. The smallest absolute Gasteiger partial charge is 0.263 e. The molecule has 2 amide bonds. The van der Waals surface area contributed by atoms with Gasteiger partial charge in [-0.1, -0.05) is 59.6 Å². The molecular formula is C50H50Cl2N12O8S2. The van der Waals surface area contributed by atoms with Crippen molar-refractivity contribution in [2.45, 2.75) is 48.6 Å². The number of rotatable bonds is 16. The number of hydrogen-bond donors (Lipinski definition) is 8. The van der Waals surface area contributed by atoms with Crippen LogP contribution in [0.2, 0.25) is 10.0 Å². The Labute approximate surface area is 436 Å². The van der Waals surface area contributed by atoms with Crippen LogP contribution in [0.15, 0.2) is 143 Å². The third-order valence-electron chi connectivity index (χ3n) is 10.4. The maximum absolute atomic E-state index is 13.4. The minimum absolute atomic E-state index is 0.0462. The number of halogens is 2. The van der Waals surface area contributed by atoms with E-state index in [-0.39, 0.29) is 44.4 Å². The van der Waals surface area contributed by atoms with Crippen molar-refractivity contribution >= 4 is 123 Å². The fourth-order valence-electron chi connectivity index (χ4n) is 6.46. The molecule has 2 heterocycles. The lowest BCUT2D eigenvalue weighted by atomic mass is 10.1. The van der Waals surface area contributed by atoms with E-state index < -0.39 is 42.9 Å². The SMILES string of the molecule is COc1ccc(Cl)c(Nc2nc3ccccc3nc2NS(=O)(=O)c2cccc(NC(=O)C(C)(C)N)c2)c1.COc1ccc(Cl)c(Nc2nc3ccccc3nc2NS(=O)(=O)c2cccc(NC(=O)C(C)(C)N)c2)c1. The summed E-state index contributed by atoms with van der Waals surface area (Å²) in [5.41, 5.74) is 12.8. The molecule has 0 aliphatic heterocycles. The highest BCUT2D eigenvalue weighted by molar-refractivity contribution is 7.93. The summed E-state index contributed by atoms with van der Waals surface area (Å²) >= 11 is 12.7. The topological polar surface area (TPSA) is 297 Å². The van der Waals surface area contributed by atoms with E-state index in [2.05, 4.69) is 50.6 Å². The Morgan fingerprint density at radius 3 is 1.15 bits per heavy atom. The predicted octanol–water partition coefficient (Wildman–Crippen LogP) is 9.02. The fraction of sp³-hybridized carbons (Fsp3) is 0.160. The van der Waals surface area contributed by atoms with Gasteiger partial charge in [0.1, 0.15) is 11.5 Å². The van der Waals surface area contributed by atoms with Crippen molar-refractivity contribution in [2.24, 2.45) is 11.5 Å². The van der Waals surface area contributed by atoms with Crippen LogP contribution in [0, 0.1) is 0 Å². The number of nitrogens with zero attached hydrogens (tertiary/aromatic N) is 4. The monoisotopic (exact) mass is 1080 g/mol. The van der Waals surface area contributed by atoms with Gasteiger partial charge in [-0.25, -0.2) is 36.8 Å². The molecule has 10 N–H and O–H groups in total. The summed E-state index contributed by atoms with van der Waals surface area (Å²) in [6, 6.07) is 35.7. The number of fused-ring (bicyclic) bond motifs is 2. The number of para-hydroxylation sites is 4. The Kier molecular flexibility index (Phi) is 16.1. The van der Waals surface area contributed by atoms with Crippen LogP contribution in [-0.4, -0.2) is 73.9 Å². The van der Waals surface area contributed by atoms with Crippen LogP contribution in [0.5, 0.6) is 11.5 Å². The number of ether oxygens (including phenoxy) is 2. The zero-order chi connectivity index (χ0) is 53.6. The number of aromatic nitrogens is 4. The predicted molar refractivity (Wildman–Crippen MR) is 290 cm³/mol. The lowest BCUT2D eigenvalue weighted by molar-refractivity contribution is -0.120. The minimum Gasteiger partial charge on any atom is -0.497 e. The largest absolute Gasteiger partial charge is 0.497 e. The van der Waals surface area contributed by atoms with Gasteiger partial charge in [0.2, 0.25) is 11.8 Å². The van der Waals surface area contributed by atoms with Gasteiger partial charge in [-0.05, 0) is 113 Å². The zero-order valence-electron chi connectivity index (χ0n) is 40.5. The van der Waals surface area contributed by atoms with E-state index in [1.54, 1.807) is 125 Å². The summed E-state index contributed by atoms with van der Waals surface area (Å²) in [5, 5.41) is 12.1. The van der Waals surface area contributed by atoms with Crippen LogP contribution >= 0.6 is 23.2 Å². The van der Waals surface area contributed by atoms with Gasteiger partial charge >= 0.3 is 0 Å². The highest BCUT2D eigenvalue weighted by Crippen LogP contribution is 2.35. The van der Waals surface area contributed by atoms with Crippen molar-refractivity contribution in [3.8, 4) is 11.5 Å².